The molecule has 0 amide bonds. The molecule has 0 aromatic rings. The lowest BCUT2D eigenvalue weighted by Crippen LogP contribution is -2.65. The zero-order valence-electron chi connectivity index (χ0n) is 24.2. The van der Waals surface area contributed by atoms with Gasteiger partial charge in [-0.3, -0.25) is 14.4 Å². The first-order valence-electron chi connectivity index (χ1n) is 14.7. The Morgan fingerprint density at radius 3 is 2.19 bits per heavy atom. The summed E-state index contributed by atoms with van der Waals surface area (Å²) >= 11 is 0. The van der Waals surface area contributed by atoms with Gasteiger partial charge in [0.25, 0.3) is 0 Å². The minimum absolute atomic E-state index is 0.000544. The van der Waals surface area contributed by atoms with Crippen molar-refractivity contribution in [2.75, 3.05) is 7.11 Å². The Hall–Kier alpha value is -1.65. The van der Waals surface area contributed by atoms with Crippen LogP contribution < -0.4 is 0 Å². The molecule has 206 valence electrons. The summed E-state index contributed by atoms with van der Waals surface area (Å²) in [6, 6.07) is 0. The molecule has 0 aromatic heterocycles. The molecular weight excluding hydrogens is 464 g/mol. The van der Waals surface area contributed by atoms with Gasteiger partial charge in [0, 0.05) is 12.3 Å². The maximum Gasteiger partial charge on any atom is 0.312 e. The summed E-state index contributed by atoms with van der Waals surface area (Å²) in [5.41, 5.74) is 0.444. The second-order valence-electron chi connectivity index (χ2n) is 14.6. The van der Waals surface area contributed by atoms with Crippen molar-refractivity contribution in [1.82, 2.24) is 0 Å². The Morgan fingerprint density at radius 2 is 1.57 bits per heavy atom. The van der Waals surface area contributed by atoms with Crippen LogP contribution in [0.4, 0.5) is 0 Å². The van der Waals surface area contributed by atoms with E-state index in [9.17, 15) is 14.4 Å². The molecule has 0 spiro atoms. The molecule has 0 aliphatic heterocycles. The third-order valence-electron chi connectivity index (χ3n) is 12.8. The number of esters is 2. The Balaban J connectivity index is 1.52. The van der Waals surface area contributed by atoms with Crippen LogP contribution in [0, 0.1) is 57.2 Å². The minimum Gasteiger partial charge on any atom is -0.469 e. The molecule has 5 saturated carbocycles. The number of ether oxygens (including phenoxy) is 2. The number of fused-ring (bicyclic) bond motifs is 7. The van der Waals surface area contributed by atoms with E-state index in [1.165, 1.54) is 12.5 Å². The van der Waals surface area contributed by atoms with E-state index in [0.717, 1.165) is 51.4 Å². The molecule has 5 rings (SSSR count). The Kier molecular flexibility index (Phi) is 6.32. The number of ketones is 1. The fourth-order valence-electron chi connectivity index (χ4n) is 11.6. The van der Waals surface area contributed by atoms with Crippen LogP contribution in [0.1, 0.15) is 99.3 Å². The number of rotatable bonds is 3. The normalized spacial score (nSPS) is 48.1. The quantitative estimate of drug-likeness (QED) is 0.317. The first-order chi connectivity index (χ1) is 17.2. The summed E-state index contributed by atoms with van der Waals surface area (Å²) in [6.07, 6.45) is 8.34. The molecule has 0 saturated heterocycles. The molecule has 5 aliphatic rings. The smallest absolute Gasteiger partial charge is 0.312 e. The van der Waals surface area contributed by atoms with Crippen molar-refractivity contribution >= 4 is 17.7 Å². The number of carbonyl (C=O) groups excluding carboxylic acids is 3. The third kappa shape index (κ3) is 3.57. The highest BCUT2D eigenvalue weighted by Crippen LogP contribution is 2.73. The predicted octanol–water partition coefficient (Wildman–Crippen LogP) is 6.54. The van der Waals surface area contributed by atoms with E-state index >= 15 is 0 Å². The monoisotopic (exact) mass is 512 g/mol. The number of carbonyl (C=O) groups is 3. The SMILES string of the molecule is C=C(C)[C@@H]1CC[C@]2(C(=O)OC)CCC3C(CCC4[C@@]3(C)CCC3C(C)(C)C(=O)[C@H](OC(C)=O)C[C@@]34C)C12. The van der Waals surface area contributed by atoms with E-state index < -0.39 is 11.5 Å². The maximum atomic E-state index is 13.5. The van der Waals surface area contributed by atoms with Gasteiger partial charge in [0.2, 0.25) is 0 Å². The molecule has 5 fully saturated rings. The van der Waals surface area contributed by atoms with Gasteiger partial charge in [-0.2, -0.15) is 0 Å². The van der Waals surface area contributed by atoms with Crippen LogP contribution >= 0.6 is 0 Å². The third-order valence-corrected chi connectivity index (χ3v) is 12.8. The van der Waals surface area contributed by atoms with Gasteiger partial charge in [0.05, 0.1) is 12.5 Å². The zero-order chi connectivity index (χ0) is 27.1. The van der Waals surface area contributed by atoms with Crippen LogP contribution in [0.5, 0.6) is 0 Å². The van der Waals surface area contributed by atoms with Crippen molar-refractivity contribution in [3.63, 3.8) is 0 Å². The van der Waals surface area contributed by atoms with Crippen molar-refractivity contribution in [2.45, 2.75) is 105 Å². The van der Waals surface area contributed by atoms with Gasteiger partial charge in [-0.1, -0.05) is 39.8 Å². The lowest BCUT2D eigenvalue weighted by atomic mass is 9.36. The highest BCUT2D eigenvalue weighted by molar-refractivity contribution is 5.91. The highest BCUT2D eigenvalue weighted by Gasteiger charge is 2.69. The minimum atomic E-state index is -0.644. The molecule has 5 heteroatoms. The summed E-state index contributed by atoms with van der Waals surface area (Å²) in [7, 11) is 1.56. The molecular formula is C32H48O5. The zero-order valence-corrected chi connectivity index (χ0v) is 24.2. The molecule has 0 N–H and O–H groups in total. The van der Waals surface area contributed by atoms with Crippen LogP contribution in [-0.4, -0.2) is 30.9 Å². The van der Waals surface area contributed by atoms with E-state index in [2.05, 4.69) is 41.2 Å². The van der Waals surface area contributed by atoms with Gasteiger partial charge < -0.3 is 9.47 Å². The fourth-order valence-corrected chi connectivity index (χ4v) is 11.6. The highest BCUT2D eigenvalue weighted by atomic mass is 16.5. The molecule has 0 radical (unpaired) electrons. The van der Waals surface area contributed by atoms with Crippen LogP contribution in [0.25, 0.3) is 0 Å². The number of hydrogen-bond donors (Lipinski definition) is 0. The summed E-state index contributed by atoms with van der Waals surface area (Å²) in [5.74, 6) is 2.26. The molecule has 0 aromatic carbocycles. The summed E-state index contributed by atoms with van der Waals surface area (Å²) in [4.78, 5) is 38.7. The standard InChI is InChI=1S/C32H48O5/c1-18(2)20-11-15-32(28(35)36-8)16-12-22-21(26(20)32)9-10-25-30(22,6)14-13-24-29(4,5)27(34)23(37-19(3)33)17-31(24,25)7/h20-26H,1,9-17H2,2-8H3/t20-,21?,22?,23+,24?,25?,26?,30-,31-,32-/m0/s1. The number of hydrogen-bond acceptors (Lipinski definition) is 5. The predicted molar refractivity (Wildman–Crippen MR) is 142 cm³/mol. The van der Waals surface area contributed by atoms with Gasteiger partial charge in [0.1, 0.15) is 0 Å². The fraction of sp³-hybridized carbons (Fsp3) is 0.844. The molecule has 10 atom stereocenters. The number of allylic oxidation sites excluding steroid dienone is 1. The van der Waals surface area contributed by atoms with E-state index in [-0.39, 0.29) is 34.0 Å². The molecule has 5 aliphatic carbocycles. The second-order valence-corrected chi connectivity index (χ2v) is 14.6. The van der Waals surface area contributed by atoms with Crippen LogP contribution in [0.15, 0.2) is 12.2 Å². The van der Waals surface area contributed by atoms with Gasteiger partial charge in [0.15, 0.2) is 11.9 Å². The van der Waals surface area contributed by atoms with Crippen molar-refractivity contribution in [3.8, 4) is 0 Å². The first-order valence-corrected chi connectivity index (χ1v) is 14.7. The van der Waals surface area contributed by atoms with Crippen molar-refractivity contribution in [1.29, 1.82) is 0 Å². The van der Waals surface area contributed by atoms with E-state index in [0.29, 0.717) is 41.9 Å². The number of Topliss-reactive ketones (excluding diaryl/α,β-unsaturated/α-hetero) is 1. The van der Waals surface area contributed by atoms with Crippen LogP contribution in [0.3, 0.4) is 0 Å². The summed E-state index contributed by atoms with van der Waals surface area (Å²) < 4.78 is 11.1. The Labute approximate surface area is 223 Å². The molecule has 0 heterocycles. The number of methoxy groups -OCH3 is 1. The topological polar surface area (TPSA) is 69.7 Å². The average molecular weight is 513 g/mol. The first kappa shape index (κ1) is 26.9. The largest absolute Gasteiger partial charge is 0.469 e. The molecule has 37 heavy (non-hydrogen) atoms. The lowest BCUT2D eigenvalue weighted by molar-refractivity contribution is -0.215. The lowest BCUT2D eigenvalue weighted by Gasteiger charge is -2.68. The van der Waals surface area contributed by atoms with Crippen LogP contribution in [-0.2, 0) is 23.9 Å². The second kappa shape index (κ2) is 8.68. The summed E-state index contributed by atoms with van der Waals surface area (Å²) in [6.45, 7) is 17.0. The average Bonchev–Trinajstić information content (AvgIpc) is 3.23. The molecule has 5 nitrogen and oxygen atoms in total. The van der Waals surface area contributed by atoms with Crippen molar-refractivity contribution < 1.29 is 23.9 Å². The van der Waals surface area contributed by atoms with E-state index in [4.69, 9.17) is 9.47 Å². The molecule has 0 bridgehead atoms. The van der Waals surface area contributed by atoms with E-state index in [1.807, 2.05) is 0 Å². The van der Waals surface area contributed by atoms with Crippen molar-refractivity contribution in [2.24, 2.45) is 57.2 Å². The van der Waals surface area contributed by atoms with Gasteiger partial charge >= 0.3 is 11.9 Å². The maximum absolute atomic E-state index is 13.5. The Bertz CT molecular complexity index is 1010. The van der Waals surface area contributed by atoms with Crippen molar-refractivity contribution in [3.05, 3.63) is 12.2 Å². The van der Waals surface area contributed by atoms with Gasteiger partial charge in [-0.15, -0.1) is 0 Å². The molecule has 5 unspecified atom stereocenters. The van der Waals surface area contributed by atoms with Gasteiger partial charge in [-0.05, 0) is 111 Å². The Morgan fingerprint density at radius 1 is 0.892 bits per heavy atom. The van der Waals surface area contributed by atoms with E-state index in [1.54, 1.807) is 7.11 Å². The summed E-state index contributed by atoms with van der Waals surface area (Å²) in [5, 5.41) is 0. The van der Waals surface area contributed by atoms with Gasteiger partial charge in [-0.25, -0.2) is 0 Å². The van der Waals surface area contributed by atoms with Crippen LogP contribution in [0.2, 0.25) is 0 Å².